The Labute approximate surface area is 140 Å². The van der Waals surface area contributed by atoms with Gasteiger partial charge < -0.3 is 5.32 Å². The van der Waals surface area contributed by atoms with Crippen molar-refractivity contribution in [3.8, 4) is 0 Å². The minimum atomic E-state index is 0.311. The van der Waals surface area contributed by atoms with E-state index in [1.54, 1.807) is 12.1 Å². The van der Waals surface area contributed by atoms with Gasteiger partial charge >= 0.3 is 0 Å². The second kappa shape index (κ2) is 8.04. The summed E-state index contributed by atoms with van der Waals surface area (Å²) in [6.45, 7) is 5.32. The average molecular weight is 341 g/mol. The third kappa shape index (κ3) is 4.89. The third-order valence-electron chi connectivity index (χ3n) is 3.07. The SMILES string of the molecule is CCCNC(C)c1ccc(Sc2cc(Cl)ccc2Cl)nc1. The Balaban J connectivity index is 2.07. The molecule has 1 atom stereocenters. The van der Waals surface area contributed by atoms with Gasteiger partial charge in [-0.05, 0) is 49.7 Å². The molecule has 0 amide bonds. The van der Waals surface area contributed by atoms with Crippen molar-refractivity contribution >= 4 is 35.0 Å². The molecule has 0 bridgehead atoms. The largest absolute Gasteiger partial charge is 0.310 e. The van der Waals surface area contributed by atoms with Gasteiger partial charge in [0.25, 0.3) is 0 Å². The van der Waals surface area contributed by atoms with Crippen molar-refractivity contribution < 1.29 is 0 Å². The number of nitrogens with zero attached hydrogens (tertiary/aromatic N) is 1. The standard InChI is InChI=1S/C16H18Cl2N2S/c1-3-8-19-11(2)12-4-7-16(20-10-12)21-15-9-13(17)5-6-14(15)18/h4-7,9-11,19H,3,8H2,1-2H3. The first-order valence-corrected chi connectivity index (χ1v) is 8.49. The van der Waals surface area contributed by atoms with Crippen molar-refractivity contribution in [2.24, 2.45) is 0 Å². The molecule has 2 rings (SSSR count). The van der Waals surface area contributed by atoms with E-state index in [1.165, 1.54) is 17.3 Å². The van der Waals surface area contributed by atoms with E-state index in [4.69, 9.17) is 23.2 Å². The van der Waals surface area contributed by atoms with E-state index in [1.807, 2.05) is 18.3 Å². The van der Waals surface area contributed by atoms with E-state index in [2.05, 4.69) is 30.2 Å². The maximum atomic E-state index is 6.17. The molecular weight excluding hydrogens is 323 g/mol. The fourth-order valence-electron chi connectivity index (χ4n) is 1.86. The van der Waals surface area contributed by atoms with Crippen LogP contribution in [0.25, 0.3) is 0 Å². The summed E-state index contributed by atoms with van der Waals surface area (Å²) in [6.07, 6.45) is 3.03. The predicted octanol–water partition coefficient (Wildman–Crippen LogP) is 5.60. The van der Waals surface area contributed by atoms with Gasteiger partial charge in [-0.2, -0.15) is 0 Å². The van der Waals surface area contributed by atoms with Crippen LogP contribution >= 0.6 is 35.0 Å². The topological polar surface area (TPSA) is 24.9 Å². The molecule has 0 aliphatic carbocycles. The molecule has 1 aromatic heterocycles. The number of aromatic nitrogens is 1. The molecule has 0 aliphatic rings. The quantitative estimate of drug-likeness (QED) is 0.740. The lowest BCUT2D eigenvalue weighted by atomic mass is 10.1. The number of pyridine rings is 1. The number of benzene rings is 1. The van der Waals surface area contributed by atoms with Crippen LogP contribution in [0.5, 0.6) is 0 Å². The summed E-state index contributed by atoms with van der Waals surface area (Å²) in [6, 6.07) is 9.87. The highest BCUT2D eigenvalue weighted by atomic mass is 35.5. The van der Waals surface area contributed by atoms with Crippen LogP contribution in [0, 0.1) is 0 Å². The Morgan fingerprint density at radius 2 is 2.05 bits per heavy atom. The molecule has 2 aromatic rings. The first-order chi connectivity index (χ1) is 10.1. The molecule has 1 heterocycles. The number of rotatable bonds is 6. The Bertz CT molecular complexity index is 587. The van der Waals surface area contributed by atoms with Crippen LogP contribution in [0.4, 0.5) is 0 Å². The van der Waals surface area contributed by atoms with E-state index in [-0.39, 0.29) is 0 Å². The van der Waals surface area contributed by atoms with Crippen LogP contribution in [-0.2, 0) is 0 Å². The summed E-state index contributed by atoms with van der Waals surface area (Å²) in [4.78, 5) is 5.41. The summed E-state index contributed by atoms with van der Waals surface area (Å²) in [5.41, 5.74) is 1.19. The Kier molecular flexibility index (Phi) is 6.37. The average Bonchev–Trinajstić information content (AvgIpc) is 2.49. The van der Waals surface area contributed by atoms with Crippen LogP contribution in [-0.4, -0.2) is 11.5 Å². The number of halogens is 2. The van der Waals surface area contributed by atoms with Gasteiger partial charge in [-0.3, -0.25) is 0 Å². The third-order valence-corrected chi connectivity index (χ3v) is 4.75. The van der Waals surface area contributed by atoms with Crippen LogP contribution in [0.2, 0.25) is 10.0 Å². The number of hydrogen-bond acceptors (Lipinski definition) is 3. The molecule has 1 aromatic carbocycles. The minimum absolute atomic E-state index is 0.311. The molecule has 0 spiro atoms. The molecule has 5 heteroatoms. The lowest BCUT2D eigenvalue weighted by Crippen LogP contribution is -2.19. The van der Waals surface area contributed by atoms with Gasteiger partial charge in [0, 0.05) is 22.2 Å². The van der Waals surface area contributed by atoms with Gasteiger partial charge in [0.05, 0.1) is 5.02 Å². The van der Waals surface area contributed by atoms with Gasteiger partial charge in [0.2, 0.25) is 0 Å². The lowest BCUT2D eigenvalue weighted by Gasteiger charge is -2.13. The van der Waals surface area contributed by atoms with E-state index < -0.39 is 0 Å². The van der Waals surface area contributed by atoms with Crippen molar-refractivity contribution in [1.29, 1.82) is 0 Å². The maximum Gasteiger partial charge on any atom is 0.101 e. The molecule has 112 valence electrons. The Hall–Kier alpha value is -0.740. The molecule has 21 heavy (non-hydrogen) atoms. The first-order valence-electron chi connectivity index (χ1n) is 6.92. The van der Waals surface area contributed by atoms with Crippen molar-refractivity contribution in [3.63, 3.8) is 0 Å². The lowest BCUT2D eigenvalue weighted by molar-refractivity contribution is 0.568. The molecule has 0 aliphatic heterocycles. The summed E-state index contributed by atoms with van der Waals surface area (Å²) < 4.78 is 0. The van der Waals surface area contributed by atoms with Gasteiger partial charge in [0.15, 0.2) is 0 Å². The molecule has 0 radical (unpaired) electrons. The highest BCUT2D eigenvalue weighted by Gasteiger charge is 2.07. The molecule has 1 N–H and O–H groups in total. The van der Waals surface area contributed by atoms with Gasteiger partial charge in [0.1, 0.15) is 5.03 Å². The van der Waals surface area contributed by atoms with Gasteiger partial charge in [-0.1, -0.05) is 48.0 Å². The molecular formula is C16H18Cl2N2S. The molecule has 0 fully saturated rings. The first kappa shape index (κ1) is 16.6. The summed E-state index contributed by atoms with van der Waals surface area (Å²) in [7, 11) is 0. The summed E-state index contributed by atoms with van der Waals surface area (Å²) in [5.74, 6) is 0. The second-order valence-electron chi connectivity index (χ2n) is 4.78. The van der Waals surface area contributed by atoms with Crippen LogP contribution < -0.4 is 5.32 Å². The summed E-state index contributed by atoms with van der Waals surface area (Å²) in [5, 5.41) is 5.72. The molecule has 0 saturated carbocycles. The van der Waals surface area contributed by atoms with E-state index in [9.17, 15) is 0 Å². The number of nitrogens with one attached hydrogen (secondary N) is 1. The van der Waals surface area contributed by atoms with Crippen molar-refractivity contribution in [2.75, 3.05) is 6.54 Å². The zero-order chi connectivity index (χ0) is 15.2. The fourth-order valence-corrected chi connectivity index (χ4v) is 3.14. The highest BCUT2D eigenvalue weighted by Crippen LogP contribution is 2.34. The van der Waals surface area contributed by atoms with Crippen LogP contribution in [0.1, 0.15) is 31.9 Å². The Morgan fingerprint density at radius 3 is 2.71 bits per heavy atom. The zero-order valence-electron chi connectivity index (χ0n) is 12.1. The van der Waals surface area contributed by atoms with Crippen molar-refractivity contribution in [1.82, 2.24) is 10.3 Å². The predicted molar refractivity (Wildman–Crippen MR) is 91.5 cm³/mol. The highest BCUT2D eigenvalue weighted by molar-refractivity contribution is 7.99. The second-order valence-corrected chi connectivity index (χ2v) is 6.69. The summed E-state index contributed by atoms with van der Waals surface area (Å²) >= 11 is 13.7. The van der Waals surface area contributed by atoms with Crippen molar-refractivity contribution in [3.05, 3.63) is 52.1 Å². The van der Waals surface area contributed by atoms with Crippen molar-refractivity contribution in [2.45, 2.75) is 36.2 Å². The zero-order valence-corrected chi connectivity index (χ0v) is 14.4. The monoisotopic (exact) mass is 340 g/mol. The smallest absolute Gasteiger partial charge is 0.101 e. The molecule has 0 saturated heterocycles. The normalized spacial score (nSPS) is 12.4. The van der Waals surface area contributed by atoms with E-state index in [0.717, 1.165) is 22.9 Å². The fraction of sp³-hybridized carbons (Fsp3) is 0.312. The van der Waals surface area contributed by atoms with Gasteiger partial charge in [-0.15, -0.1) is 0 Å². The molecule has 2 nitrogen and oxygen atoms in total. The minimum Gasteiger partial charge on any atom is -0.310 e. The van der Waals surface area contributed by atoms with Crippen LogP contribution in [0.15, 0.2) is 46.5 Å². The van der Waals surface area contributed by atoms with E-state index in [0.29, 0.717) is 16.1 Å². The maximum absolute atomic E-state index is 6.17. The van der Waals surface area contributed by atoms with E-state index >= 15 is 0 Å². The number of hydrogen-bond donors (Lipinski definition) is 1. The molecule has 1 unspecified atom stereocenters. The Morgan fingerprint density at radius 1 is 1.24 bits per heavy atom. The van der Waals surface area contributed by atoms with Crippen LogP contribution in [0.3, 0.4) is 0 Å². The van der Waals surface area contributed by atoms with Gasteiger partial charge in [-0.25, -0.2) is 4.98 Å².